The lowest BCUT2D eigenvalue weighted by atomic mass is 9.94. The number of nitrogens with one attached hydrogen (secondary N) is 2. The summed E-state index contributed by atoms with van der Waals surface area (Å²) < 4.78 is 0. The average molecular weight is 377 g/mol. The molecule has 6 nitrogen and oxygen atoms in total. The number of rotatable bonds is 8. The largest absolute Gasteiger partial charge is 0.481 e. The average Bonchev–Trinajstić information content (AvgIpc) is 3.24. The van der Waals surface area contributed by atoms with Crippen molar-refractivity contribution in [2.75, 3.05) is 0 Å². The maximum atomic E-state index is 12.4. The SMILES string of the molecule is C[C@H](C[C@@H](Cc1ccc(-c2ccccc2)cc1)NC(=O)c1cn[nH]c1)C(=O)O. The van der Waals surface area contributed by atoms with Crippen LogP contribution in [0.25, 0.3) is 11.1 Å². The van der Waals surface area contributed by atoms with E-state index >= 15 is 0 Å². The summed E-state index contributed by atoms with van der Waals surface area (Å²) >= 11 is 0. The molecule has 0 aliphatic rings. The lowest BCUT2D eigenvalue weighted by Gasteiger charge is -2.21. The van der Waals surface area contributed by atoms with Crippen molar-refractivity contribution in [3.05, 3.63) is 78.1 Å². The van der Waals surface area contributed by atoms with Crippen LogP contribution in [0.15, 0.2) is 67.0 Å². The minimum Gasteiger partial charge on any atom is -0.481 e. The zero-order valence-corrected chi connectivity index (χ0v) is 15.6. The van der Waals surface area contributed by atoms with Gasteiger partial charge in [-0.25, -0.2) is 0 Å². The van der Waals surface area contributed by atoms with E-state index in [1.54, 1.807) is 6.92 Å². The first-order chi connectivity index (χ1) is 13.5. The molecule has 2 atom stereocenters. The van der Waals surface area contributed by atoms with Crippen LogP contribution in [-0.2, 0) is 11.2 Å². The Hall–Kier alpha value is -3.41. The summed E-state index contributed by atoms with van der Waals surface area (Å²) in [6.07, 6.45) is 3.86. The molecule has 144 valence electrons. The molecule has 0 aliphatic heterocycles. The Morgan fingerprint density at radius 3 is 2.36 bits per heavy atom. The predicted octanol–water partition coefficient (Wildman–Crippen LogP) is 3.53. The summed E-state index contributed by atoms with van der Waals surface area (Å²) in [4.78, 5) is 23.7. The van der Waals surface area contributed by atoms with Gasteiger partial charge in [0.25, 0.3) is 5.91 Å². The highest BCUT2D eigenvalue weighted by Crippen LogP contribution is 2.20. The van der Waals surface area contributed by atoms with Gasteiger partial charge < -0.3 is 10.4 Å². The Morgan fingerprint density at radius 1 is 1.07 bits per heavy atom. The molecule has 3 rings (SSSR count). The van der Waals surface area contributed by atoms with Gasteiger partial charge >= 0.3 is 5.97 Å². The first-order valence-electron chi connectivity index (χ1n) is 9.19. The van der Waals surface area contributed by atoms with Gasteiger partial charge in [-0.3, -0.25) is 14.7 Å². The number of hydrogen-bond donors (Lipinski definition) is 3. The number of aliphatic carboxylic acids is 1. The zero-order valence-electron chi connectivity index (χ0n) is 15.6. The van der Waals surface area contributed by atoms with E-state index in [1.807, 2.05) is 42.5 Å². The number of carboxylic acids is 1. The van der Waals surface area contributed by atoms with Gasteiger partial charge in [-0.05, 0) is 29.5 Å². The van der Waals surface area contributed by atoms with Gasteiger partial charge in [0, 0.05) is 12.2 Å². The van der Waals surface area contributed by atoms with Crippen molar-refractivity contribution in [2.24, 2.45) is 5.92 Å². The van der Waals surface area contributed by atoms with Crippen LogP contribution in [0.5, 0.6) is 0 Å². The highest BCUT2D eigenvalue weighted by atomic mass is 16.4. The molecule has 1 amide bonds. The van der Waals surface area contributed by atoms with Crippen LogP contribution in [0.2, 0.25) is 0 Å². The number of carbonyl (C=O) groups is 2. The smallest absolute Gasteiger partial charge is 0.306 e. The van der Waals surface area contributed by atoms with Crippen molar-refractivity contribution in [2.45, 2.75) is 25.8 Å². The standard InChI is InChI=1S/C22H23N3O3/c1-15(22(27)28)11-20(25-21(26)19-13-23-24-14-19)12-16-7-9-18(10-8-16)17-5-3-2-4-6-17/h2-10,13-15,20H,11-12H2,1H3,(H,23,24)(H,25,26)(H,27,28)/t15-,20+/m1/s1. The Kier molecular flexibility index (Phi) is 6.22. The van der Waals surface area contributed by atoms with Crippen molar-refractivity contribution in [3.8, 4) is 11.1 Å². The molecule has 0 fully saturated rings. The Balaban J connectivity index is 1.72. The van der Waals surface area contributed by atoms with Gasteiger partial charge in [0.15, 0.2) is 0 Å². The third kappa shape index (κ3) is 5.07. The monoisotopic (exact) mass is 377 g/mol. The van der Waals surface area contributed by atoms with E-state index in [0.29, 0.717) is 18.4 Å². The second kappa shape index (κ2) is 8.99. The molecule has 2 aromatic carbocycles. The van der Waals surface area contributed by atoms with Gasteiger partial charge in [0.1, 0.15) is 0 Å². The predicted molar refractivity (Wildman–Crippen MR) is 107 cm³/mol. The second-order valence-corrected chi connectivity index (χ2v) is 6.90. The van der Waals surface area contributed by atoms with Crippen LogP contribution in [0.3, 0.4) is 0 Å². The van der Waals surface area contributed by atoms with Gasteiger partial charge in [0.2, 0.25) is 0 Å². The van der Waals surface area contributed by atoms with Gasteiger partial charge in [-0.15, -0.1) is 0 Å². The number of amides is 1. The topological polar surface area (TPSA) is 95.1 Å². The van der Waals surface area contributed by atoms with Crippen LogP contribution < -0.4 is 5.32 Å². The van der Waals surface area contributed by atoms with Crippen LogP contribution >= 0.6 is 0 Å². The van der Waals surface area contributed by atoms with Gasteiger partial charge in [0.05, 0.1) is 17.7 Å². The van der Waals surface area contributed by atoms with Crippen molar-refractivity contribution in [3.63, 3.8) is 0 Å². The second-order valence-electron chi connectivity index (χ2n) is 6.90. The number of carboxylic acid groups (broad SMARTS) is 1. The number of nitrogens with zero attached hydrogens (tertiary/aromatic N) is 1. The van der Waals surface area contributed by atoms with Crippen molar-refractivity contribution >= 4 is 11.9 Å². The number of aromatic nitrogens is 2. The normalized spacial score (nSPS) is 12.9. The molecule has 28 heavy (non-hydrogen) atoms. The molecule has 3 aromatic rings. The first kappa shape index (κ1) is 19.4. The third-order valence-corrected chi connectivity index (χ3v) is 4.70. The fourth-order valence-electron chi connectivity index (χ4n) is 3.11. The fraction of sp³-hybridized carbons (Fsp3) is 0.227. The summed E-state index contributed by atoms with van der Waals surface area (Å²) in [5, 5.41) is 18.6. The summed E-state index contributed by atoms with van der Waals surface area (Å²) in [6.45, 7) is 1.65. The molecule has 0 saturated heterocycles. The Labute approximate surface area is 163 Å². The minimum absolute atomic E-state index is 0.266. The number of hydrogen-bond acceptors (Lipinski definition) is 3. The zero-order chi connectivity index (χ0) is 19.9. The third-order valence-electron chi connectivity index (χ3n) is 4.70. The van der Waals surface area contributed by atoms with E-state index in [0.717, 1.165) is 16.7 Å². The van der Waals surface area contributed by atoms with Crippen LogP contribution in [-0.4, -0.2) is 33.2 Å². The molecular formula is C22H23N3O3. The molecule has 0 unspecified atom stereocenters. The molecule has 0 saturated carbocycles. The molecular weight excluding hydrogens is 354 g/mol. The molecule has 3 N–H and O–H groups in total. The van der Waals surface area contributed by atoms with Crippen molar-refractivity contribution < 1.29 is 14.7 Å². The highest BCUT2D eigenvalue weighted by molar-refractivity contribution is 5.93. The van der Waals surface area contributed by atoms with Crippen molar-refractivity contribution in [1.29, 1.82) is 0 Å². The summed E-state index contributed by atoms with van der Waals surface area (Å²) in [5.41, 5.74) is 3.71. The first-order valence-corrected chi connectivity index (χ1v) is 9.19. The molecule has 1 aromatic heterocycles. The summed E-state index contributed by atoms with van der Waals surface area (Å²) in [5.74, 6) is -1.70. The quantitative estimate of drug-likeness (QED) is 0.560. The molecule has 0 bridgehead atoms. The fourth-order valence-corrected chi connectivity index (χ4v) is 3.11. The number of benzene rings is 2. The van der Waals surface area contributed by atoms with Crippen LogP contribution in [0, 0.1) is 5.92 Å². The molecule has 1 heterocycles. The number of carbonyl (C=O) groups excluding carboxylic acids is 1. The number of aromatic amines is 1. The van der Waals surface area contributed by atoms with E-state index in [1.165, 1.54) is 12.4 Å². The lowest BCUT2D eigenvalue weighted by Crippen LogP contribution is -2.38. The van der Waals surface area contributed by atoms with E-state index in [9.17, 15) is 14.7 Å². The maximum Gasteiger partial charge on any atom is 0.306 e. The van der Waals surface area contributed by atoms with Crippen molar-refractivity contribution in [1.82, 2.24) is 15.5 Å². The summed E-state index contributed by atoms with van der Waals surface area (Å²) in [7, 11) is 0. The summed E-state index contributed by atoms with van der Waals surface area (Å²) in [6, 6.07) is 17.9. The van der Waals surface area contributed by atoms with E-state index in [4.69, 9.17) is 0 Å². The lowest BCUT2D eigenvalue weighted by molar-refractivity contribution is -0.141. The van der Waals surface area contributed by atoms with Gasteiger partial charge in [-0.2, -0.15) is 5.10 Å². The Bertz CT molecular complexity index is 906. The van der Waals surface area contributed by atoms with E-state index in [2.05, 4.69) is 27.6 Å². The van der Waals surface area contributed by atoms with Crippen LogP contribution in [0.4, 0.5) is 0 Å². The Morgan fingerprint density at radius 2 is 1.75 bits per heavy atom. The molecule has 0 aliphatic carbocycles. The maximum absolute atomic E-state index is 12.4. The van der Waals surface area contributed by atoms with Gasteiger partial charge in [-0.1, -0.05) is 61.5 Å². The molecule has 0 spiro atoms. The van der Waals surface area contributed by atoms with Crippen LogP contribution in [0.1, 0.15) is 29.3 Å². The number of H-pyrrole nitrogens is 1. The highest BCUT2D eigenvalue weighted by Gasteiger charge is 2.21. The van der Waals surface area contributed by atoms with E-state index < -0.39 is 11.9 Å². The molecule has 6 heteroatoms. The van der Waals surface area contributed by atoms with E-state index in [-0.39, 0.29) is 11.9 Å². The molecule has 0 radical (unpaired) electrons. The minimum atomic E-state index is -0.873.